The second-order valence-electron chi connectivity index (χ2n) is 3.74. The van der Waals surface area contributed by atoms with E-state index in [4.69, 9.17) is 0 Å². The lowest BCUT2D eigenvalue weighted by atomic mass is 9.74. The highest BCUT2D eigenvalue weighted by atomic mass is 16.1. The molecule has 0 aliphatic heterocycles. The van der Waals surface area contributed by atoms with E-state index in [9.17, 15) is 4.79 Å². The summed E-state index contributed by atoms with van der Waals surface area (Å²) in [5.41, 5.74) is 0. The molecular formula is C10H14O. The van der Waals surface area contributed by atoms with Gasteiger partial charge in [-0.1, -0.05) is 18.9 Å². The summed E-state index contributed by atoms with van der Waals surface area (Å²) in [7, 11) is 0. The third-order valence-corrected chi connectivity index (χ3v) is 2.96. The topological polar surface area (TPSA) is 17.1 Å². The minimum atomic E-state index is 0.341. The van der Waals surface area contributed by atoms with Crippen molar-refractivity contribution in [1.82, 2.24) is 0 Å². The van der Waals surface area contributed by atoms with Crippen molar-refractivity contribution in [3.05, 3.63) is 12.2 Å². The van der Waals surface area contributed by atoms with E-state index in [1.807, 2.05) is 0 Å². The molecule has 0 saturated heterocycles. The average molecular weight is 150 g/mol. The van der Waals surface area contributed by atoms with Gasteiger partial charge in [0.15, 0.2) is 5.78 Å². The number of fused-ring (bicyclic) bond motifs is 1. The van der Waals surface area contributed by atoms with Crippen molar-refractivity contribution in [2.24, 2.45) is 11.8 Å². The molecule has 0 spiro atoms. The first kappa shape index (κ1) is 7.08. The maximum Gasteiger partial charge on any atom is 0.155 e. The quantitative estimate of drug-likeness (QED) is 0.518. The van der Waals surface area contributed by atoms with Gasteiger partial charge in [0.1, 0.15) is 0 Å². The molecule has 1 fully saturated rings. The van der Waals surface area contributed by atoms with E-state index in [2.05, 4.69) is 6.08 Å². The van der Waals surface area contributed by atoms with Crippen LogP contribution in [0.1, 0.15) is 32.1 Å². The van der Waals surface area contributed by atoms with Crippen LogP contribution in [-0.2, 0) is 4.79 Å². The molecule has 1 nitrogen and oxygen atoms in total. The molecule has 60 valence electrons. The Bertz CT molecular complexity index is 193. The van der Waals surface area contributed by atoms with Gasteiger partial charge in [0.05, 0.1) is 0 Å². The van der Waals surface area contributed by atoms with Gasteiger partial charge in [0, 0.05) is 6.42 Å². The van der Waals surface area contributed by atoms with Crippen LogP contribution in [-0.4, -0.2) is 5.78 Å². The summed E-state index contributed by atoms with van der Waals surface area (Å²) in [6.07, 6.45) is 10.0. The highest BCUT2D eigenvalue weighted by Gasteiger charge is 2.27. The third kappa shape index (κ3) is 1.37. The Morgan fingerprint density at radius 3 is 3.00 bits per heavy atom. The molecule has 0 aromatic carbocycles. The van der Waals surface area contributed by atoms with Gasteiger partial charge in [-0.2, -0.15) is 0 Å². The van der Waals surface area contributed by atoms with Gasteiger partial charge in [-0.3, -0.25) is 4.79 Å². The Labute approximate surface area is 67.5 Å². The number of ketones is 1. The largest absolute Gasteiger partial charge is 0.295 e. The number of allylic oxidation sites excluding steroid dienone is 2. The van der Waals surface area contributed by atoms with Crippen LogP contribution in [0.2, 0.25) is 0 Å². The molecule has 0 N–H and O–H groups in total. The molecule has 1 heteroatoms. The highest BCUT2D eigenvalue weighted by Crippen LogP contribution is 2.35. The molecule has 0 aromatic rings. The van der Waals surface area contributed by atoms with Gasteiger partial charge >= 0.3 is 0 Å². The van der Waals surface area contributed by atoms with E-state index in [-0.39, 0.29) is 0 Å². The van der Waals surface area contributed by atoms with Crippen LogP contribution in [0.3, 0.4) is 0 Å². The molecule has 0 unspecified atom stereocenters. The summed E-state index contributed by atoms with van der Waals surface area (Å²) in [6.45, 7) is 0. The van der Waals surface area contributed by atoms with Crippen molar-refractivity contribution >= 4 is 5.78 Å². The first-order valence-corrected chi connectivity index (χ1v) is 4.57. The molecule has 2 aliphatic rings. The minimum absolute atomic E-state index is 0.341. The fraction of sp³-hybridized carbons (Fsp3) is 0.700. The molecule has 2 aliphatic carbocycles. The molecule has 0 aromatic heterocycles. The van der Waals surface area contributed by atoms with Crippen molar-refractivity contribution in [2.75, 3.05) is 0 Å². The van der Waals surface area contributed by atoms with Crippen LogP contribution in [0, 0.1) is 11.8 Å². The summed E-state index contributed by atoms with van der Waals surface area (Å²) in [6, 6.07) is 0. The summed E-state index contributed by atoms with van der Waals surface area (Å²) < 4.78 is 0. The molecule has 2 rings (SSSR count). The third-order valence-electron chi connectivity index (χ3n) is 2.96. The van der Waals surface area contributed by atoms with Gasteiger partial charge in [-0.15, -0.1) is 0 Å². The molecule has 0 heterocycles. The van der Waals surface area contributed by atoms with E-state index in [1.54, 1.807) is 6.08 Å². The van der Waals surface area contributed by atoms with Crippen molar-refractivity contribution in [2.45, 2.75) is 32.1 Å². The predicted octanol–water partition coefficient (Wildman–Crippen LogP) is 2.32. The number of rotatable bonds is 0. The van der Waals surface area contributed by atoms with Gasteiger partial charge < -0.3 is 0 Å². The van der Waals surface area contributed by atoms with Crippen LogP contribution < -0.4 is 0 Å². The normalized spacial score (nSPS) is 36.9. The zero-order valence-corrected chi connectivity index (χ0v) is 6.75. The second kappa shape index (κ2) is 2.80. The Kier molecular flexibility index (Phi) is 1.80. The van der Waals surface area contributed by atoms with Crippen LogP contribution in [0.15, 0.2) is 12.2 Å². The van der Waals surface area contributed by atoms with E-state index in [0.717, 1.165) is 12.3 Å². The maximum atomic E-state index is 11.0. The van der Waals surface area contributed by atoms with E-state index in [1.165, 1.54) is 25.7 Å². The lowest BCUT2D eigenvalue weighted by molar-refractivity contribution is -0.116. The van der Waals surface area contributed by atoms with Crippen LogP contribution in [0.5, 0.6) is 0 Å². The molecule has 0 amide bonds. The van der Waals surface area contributed by atoms with Gasteiger partial charge in [0.25, 0.3) is 0 Å². The Balaban J connectivity index is 2.10. The molecule has 0 radical (unpaired) electrons. The molecule has 0 bridgehead atoms. The van der Waals surface area contributed by atoms with E-state index >= 15 is 0 Å². The number of carbonyl (C=O) groups is 1. The molecule has 1 saturated carbocycles. The standard InChI is InChI=1S/C10H14O/c11-10-6-5-8-3-1-2-4-9(8)7-10/h5-6,8-9H,1-4,7H2/t8-,9-/m1/s1. The molecule has 11 heavy (non-hydrogen) atoms. The van der Waals surface area contributed by atoms with Crippen molar-refractivity contribution in [1.29, 1.82) is 0 Å². The summed E-state index contributed by atoms with van der Waals surface area (Å²) >= 11 is 0. The highest BCUT2D eigenvalue weighted by molar-refractivity contribution is 5.90. The monoisotopic (exact) mass is 150 g/mol. The summed E-state index contributed by atoms with van der Waals surface area (Å²) in [5, 5.41) is 0. The summed E-state index contributed by atoms with van der Waals surface area (Å²) in [5.74, 6) is 1.77. The SMILES string of the molecule is O=C1C=C[C@H]2CCCC[C@@H]2C1. The lowest BCUT2D eigenvalue weighted by Gasteiger charge is -2.30. The smallest absolute Gasteiger partial charge is 0.155 e. The molecular weight excluding hydrogens is 136 g/mol. The van der Waals surface area contributed by atoms with Crippen LogP contribution in [0.4, 0.5) is 0 Å². The average Bonchev–Trinajstić information content (AvgIpc) is 2.04. The predicted molar refractivity (Wildman–Crippen MR) is 44.2 cm³/mol. The van der Waals surface area contributed by atoms with Crippen LogP contribution >= 0.6 is 0 Å². The fourth-order valence-corrected chi connectivity index (χ4v) is 2.30. The molecule has 2 atom stereocenters. The van der Waals surface area contributed by atoms with Crippen molar-refractivity contribution in [3.63, 3.8) is 0 Å². The fourth-order valence-electron chi connectivity index (χ4n) is 2.30. The van der Waals surface area contributed by atoms with E-state index in [0.29, 0.717) is 11.7 Å². The lowest BCUT2D eigenvalue weighted by Crippen LogP contribution is -2.23. The number of hydrogen-bond donors (Lipinski definition) is 0. The van der Waals surface area contributed by atoms with Gasteiger partial charge in [-0.05, 0) is 30.8 Å². The van der Waals surface area contributed by atoms with Gasteiger partial charge in [-0.25, -0.2) is 0 Å². The minimum Gasteiger partial charge on any atom is -0.295 e. The van der Waals surface area contributed by atoms with Crippen molar-refractivity contribution in [3.8, 4) is 0 Å². The van der Waals surface area contributed by atoms with Gasteiger partial charge in [0.2, 0.25) is 0 Å². The number of carbonyl (C=O) groups excluding carboxylic acids is 1. The van der Waals surface area contributed by atoms with E-state index < -0.39 is 0 Å². The Morgan fingerprint density at radius 1 is 1.27 bits per heavy atom. The zero-order chi connectivity index (χ0) is 7.68. The van der Waals surface area contributed by atoms with Crippen LogP contribution in [0.25, 0.3) is 0 Å². The first-order valence-electron chi connectivity index (χ1n) is 4.57. The number of hydrogen-bond acceptors (Lipinski definition) is 1. The Hall–Kier alpha value is -0.590. The summed E-state index contributed by atoms with van der Waals surface area (Å²) in [4.78, 5) is 11.0. The first-order chi connectivity index (χ1) is 5.36. The van der Waals surface area contributed by atoms with Crippen molar-refractivity contribution < 1.29 is 4.79 Å². The Morgan fingerprint density at radius 2 is 2.09 bits per heavy atom. The zero-order valence-electron chi connectivity index (χ0n) is 6.75. The maximum absolute atomic E-state index is 11.0. The second-order valence-corrected chi connectivity index (χ2v) is 3.74.